The minimum Gasteiger partial charge on any atom is -0.455 e. The summed E-state index contributed by atoms with van der Waals surface area (Å²) < 4.78 is 13.0. The van der Waals surface area contributed by atoms with Crippen LogP contribution in [0.5, 0.6) is 11.5 Å². The fraction of sp³-hybridized carbons (Fsp3) is 0.0769. The molecule has 150 valence electrons. The van der Waals surface area contributed by atoms with Gasteiger partial charge in [-0.15, -0.1) is 0 Å². The van der Waals surface area contributed by atoms with Crippen molar-refractivity contribution in [1.29, 1.82) is 0 Å². The van der Waals surface area contributed by atoms with E-state index in [1.807, 2.05) is 43.3 Å². The number of ether oxygens (including phenoxy) is 2. The molecule has 4 heteroatoms. The lowest BCUT2D eigenvalue weighted by atomic mass is 10.3. The molecule has 0 spiro atoms. The van der Waals surface area contributed by atoms with Crippen LogP contribution >= 0.6 is 22.6 Å². The first-order chi connectivity index (χ1) is 14.7. The lowest BCUT2D eigenvalue weighted by Crippen LogP contribution is -2.19. The van der Waals surface area contributed by atoms with E-state index in [9.17, 15) is 0 Å². The van der Waals surface area contributed by atoms with E-state index in [0.717, 1.165) is 15.1 Å². The second kappa shape index (κ2) is 10.0. The van der Waals surface area contributed by atoms with E-state index < -0.39 is 0 Å². The van der Waals surface area contributed by atoms with E-state index in [4.69, 9.17) is 9.47 Å². The van der Waals surface area contributed by atoms with Gasteiger partial charge in [0.1, 0.15) is 11.5 Å². The molecule has 4 aromatic rings. The molecule has 0 radical (unpaired) electrons. The molecule has 0 aliphatic heterocycles. The average Bonchev–Trinajstić information content (AvgIpc) is 2.77. The van der Waals surface area contributed by atoms with E-state index in [1.54, 1.807) is 0 Å². The zero-order valence-corrected chi connectivity index (χ0v) is 19.5. The van der Waals surface area contributed by atoms with Gasteiger partial charge < -0.3 is 9.47 Å². The minimum absolute atomic E-state index is 0.157. The molecule has 0 amide bonds. The maximum Gasteiger partial charge on any atom is 0.238 e. The Morgan fingerprint density at radius 2 is 1.13 bits per heavy atom. The lowest BCUT2D eigenvalue weighted by molar-refractivity contribution is 0.0222. The number of rotatable bonds is 7. The van der Waals surface area contributed by atoms with Crippen molar-refractivity contribution in [3.8, 4) is 11.5 Å². The summed E-state index contributed by atoms with van der Waals surface area (Å²) in [6.07, 6.45) is -0.379. The highest BCUT2D eigenvalue weighted by Crippen LogP contribution is 2.32. The molecule has 0 saturated heterocycles. The van der Waals surface area contributed by atoms with Crippen LogP contribution in [0.4, 0.5) is 0 Å². The van der Waals surface area contributed by atoms with Crippen LogP contribution in [0.2, 0.25) is 0 Å². The quantitative estimate of drug-likeness (QED) is 0.145. The van der Waals surface area contributed by atoms with Gasteiger partial charge in [0.2, 0.25) is 6.29 Å². The Morgan fingerprint density at radius 1 is 0.600 bits per heavy atom. The van der Waals surface area contributed by atoms with Crippen molar-refractivity contribution in [2.75, 3.05) is 0 Å². The van der Waals surface area contributed by atoms with Gasteiger partial charge in [0.15, 0.2) is 14.7 Å². The van der Waals surface area contributed by atoms with E-state index in [2.05, 4.69) is 95.4 Å². The van der Waals surface area contributed by atoms with Crippen molar-refractivity contribution in [3.63, 3.8) is 0 Å². The Bertz CT molecular complexity index is 1030. The monoisotopic (exact) mass is 525 g/mol. The van der Waals surface area contributed by atoms with Gasteiger partial charge >= 0.3 is 0 Å². The van der Waals surface area contributed by atoms with Crippen LogP contribution < -0.4 is 9.47 Å². The summed E-state index contributed by atoms with van der Waals surface area (Å²) in [6.45, 7) is 1.91. The van der Waals surface area contributed by atoms with Crippen molar-refractivity contribution in [3.05, 3.63) is 113 Å². The lowest BCUT2D eigenvalue weighted by Gasteiger charge is -2.17. The molecular formula is C26H22IO2S+. The summed E-state index contributed by atoms with van der Waals surface area (Å²) in [5, 5.41) is 0. The molecule has 0 aromatic heterocycles. The van der Waals surface area contributed by atoms with Crippen LogP contribution in [0.1, 0.15) is 6.92 Å². The highest BCUT2D eigenvalue weighted by Gasteiger charge is 2.28. The first-order valence-electron chi connectivity index (χ1n) is 9.72. The van der Waals surface area contributed by atoms with Crippen LogP contribution in [0.25, 0.3) is 0 Å². The highest BCUT2D eigenvalue weighted by molar-refractivity contribution is 14.1. The smallest absolute Gasteiger partial charge is 0.238 e. The maximum atomic E-state index is 5.98. The maximum absolute atomic E-state index is 5.98. The third-order valence-corrected chi connectivity index (χ3v) is 7.32. The summed E-state index contributed by atoms with van der Waals surface area (Å²) in [6, 6.07) is 37.6. The number of benzene rings is 4. The summed E-state index contributed by atoms with van der Waals surface area (Å²) >= 11 is 2.27. The molecule has 0 aliphatic rings. The molecule has 0 N–H and O–H groups in total. The molecule has 0 saturated carbocycles. The van der Waals surface area contributed by atoms with Crippen LogP contribution in [0, 0.1) is 3.57 Å². The predicted octanol–water partition coefficient (Wildman–Crippen LogP) is 7.19. The van der Waals surface area contributed by atoms with E-state index in [1.165, 1.54) is 14.7 Å². The molecule has 2 nitrogen and oxygen atoms in total. The fourth-order valence-corrected chi connectivity index (χ4v) is 5.72. The van der Waals surface area contributed by atoms with Gasteiger partial charge in [-0.3, -0.25) is 0 Å². The second-order valence-electron chi connectivity index (χ2n) is 6.66. The summed E-state index contributed by atoms with van der Waals surface area (Å²) in [5.74, 6) is 1.60. The van der Waals surface area contributed by atoms with Crippen LogP contribution in [-0.4, -0.2) is 6.29 Å². The number of hydrogen-bond acceptors (Lipinski definition) is 2. The molecule has 0 aliphatic carbocycles. The second-order valence-corrected chi connectivity index (χ2v) is 9.94. The SMILES string of the molecule is CC(Oc1ccc([S+](c2ccccc2)c2ccccc2)cc1)Oc1cccc(I)c1. The van der Waals surface area contributed by atoms with Crippen molar-refractivity contribution >= 4 is 33.5 Å². The Labute approximate surface area is 194 Å². The van der Waals surface area contributed by atoms with E-state index in [0.29, 0.717) is 0 Å². The predicted molar refractivity (Wildman–Crippen MR) is 131 cm³/mol. The topological polar surface area (TPSA) is 18.5 Å². The molecule has 0 fully saturated rings. The molecule has 0 heterocycles. The summed E-state index contributed by atoms with van der Waals surface area (Å²) in [7, 11) is -0.157. The Balaban J connectivity index is 1.52. The van der Waals surface area contributed by atoms with Crippen molar-refractivity contribution < 1.29 is 9.47 Å². The Morgan fingerprint density at radius 3 is 1.70 bits per heavy atom. The molecule has 30 heavy (non-hydrogen) atoms. The fourth-order valence-electron chi connectivity index (χ4n) is 3.12. The average molecular weight is 525 g/mol. The molecule has 1 atom stereocenters. The number of hydrogen-bond donors (Lipinski definition) is 0. The largest absolute Gasteiger partial charge is 0.455 e. The van der Waals surface area contributed by atoms with Crippen molar-refractivity contribution in [2.24, 2.45) is 0 Å². The first-order valence-corrected chi connectivity index (χ1v) is 12.0. The molecule has 4 aromatic carbocycles. The van der Waals surface area contributed by atoms with Gasteiger partial charge in [0.05, 0.1) is 10.9 Å². The zero-order chi connectivity index (χ0) is 20.8. The van der Waals surface area contributed by atoms with Crippen LogP contribution in [0.15, 0.2) is 124 Å². The third-order valence-electron chi connectivity index (χ3n) is 4.42. The highest BCUT2D eigenvalue weighted by atomic mass is 127. The van der Waals surface area contributed by atoms with Gasteiger partial charge in [-0.05, 0) is 89.3 Å². The molecule has 4 rings (SSSR count). The summed E-state index contributed by atoms with van der Waals surface area (Å²) in [4.78, 5) is 3.85. The standard InChI is InChI=1S/C26H22IO2S/c1-20(29-23-10-8-9-21(27)19-23)28-22-15-17-26(18-16-22)30(24-11-4-2-5-12-24)25-13-6-3-7-14-25/h2-20H,1H3/q+1. The summed E-state index contributed by atoms with van der Waals surface area (Å²) in [5.41, 5.74) is 0. The first kappa shape index (κ1) is 20.8. The van der Waals surface area contributed by atoms with Gasteiger partial charge in [-0.2, -0.15) is 0 Å². The normalized spacial score (nSPS) is 11.8. The van der Waals surface area contributed by atoms with Gasteiger partial charge in [0.25, 0.3) is 0 Å². The van der Waals surface area contributed by atoms with Crippen LogP contribution in [-0.2, 0) is 10.9 Å². The molecule has 1 unspecified atom stereocenters. The molecule has 0 bridgehead atoms. The van der Waals surface area contributed by atoms with Crippen molar-refractivity contribution in [2.45, 2.75) is 27.9 Å². The Hall–Kier alpha value is -2.44. The molecular weight excluding hydrogens is 503 g/mol. The van der Waals surface area contributed by atoms with Crippen molar-refractivity contribution in [1.82, 2.24) is 0 Å². The van der Waals surface area contributed by atoms with Gasteiger partial charge in [-0.1, -0.05) is 42.5 Å². The van der Waals surface area contributed by atoms with E-state index in [-0.39, 0.29) is 17.2 Å². The van der Waals surface area contributed by atoms with Gasteiger partial charge in [0, 0.05) is 10.5 Å². The third kappa shape index (κ3) is 5.37. The van der Waals surface area contributed by atoms with E-state index >= 15 is 0 Å². The number of halogens is 1. The minimum atomic E-state index is -0.379. The Kier molecular flexibility index (Phi) is 6.97. The van der Waals surface area contributed by atoms with Crippen LogP contribution in [0.3, 0.4) is 0 Å². The van der Waals surface area contributed by atoms with Gasteiger partial charge in [-0.25, -0.2) is 0 Å². The zero-order valence-electron chi connectivity index (χ0n) is 16.6.